The Morgan fingerprint density at radius 2 is 2.05 bits per heavy atom. The van der Waals surface area contributed by atoms with Gasteiger partial charge in [-0.1, -0.05) is 0 Å². The Labute approximate surface area is 120 Å². The molecule has 0 saturated carbocycles. The number of likely N-dealkylation sites (tertiary alicyclic amines) is 1. The number of carbonyl (C=O) groups excluding carboxylic acids is 1. The summed E-state index contributed by atoms with van der Waals surface area (Å²) in [4.78, 5) is 35.3. The highest BCUT2D eigenvalue weighted by Gasteiger charge is 2.68. The third kappa shape index (κ3) is 2.56. The van der Waals surface area contributed by atoms with Gasteiger partial charge >= 0.3 is 5.54 Å². The smallest absolute Gasteiger partial charge is 0.317 e. The molecule has 2 aliphatic rings. The molecule has 2 unspecified atom stereocenters. The summed E-state index contributed by atoms with van der Waals surface area (Å²) in [5, 5.41) is 25.2. The van der Waals surface area contributed by atoms with Crippen LogP contribution in [0.2, 0.25) is 0 Å². The molecule has 2 saturated heterocycles. The lowest BCUT2D eigenvalue weighted by atomic mass is 9.74. The van der Waals surface area contributed by atoms with E-state index in [9.17, 15) is 25.0 Å². The zero-order valence-electron chi connectivity index (χ0n) is 11.7. The minimum absolute atomic E-state index is 0.0968. The molecular formula is C11H18N4O6. The van der Waals surface area contributed by atoms with Crippen LogP contribution in [0.1, 0.15) is 12.8 Å². The quantitative estimate of drug-likeness (QED) is 0.374. The van der Waals surface area contributed by atoms with Crippen molar-refractivity contribution in [1.82, 2.24) is 10.2 Å². The number of amides is 1. The molecule has 0 aromatic carbocycles. The first-order valence-electron chi connectivity index (χ1n) is 6.65. The van der Waals surface area contributed by atoms with Crippen LogP contribution in [0.3, 0.4) is 0 Å². The van der Waals surface area contributed by atoms with E-state index in [4.69, 9.17) is 4.74 Å². The zero-order valence-corrected chi connectivity index (χ0v) is 11.7. The molecule has 1 amide bonds. The summed E-state index contributed by atoms with van der Waals surface area (Å²) in [5.41, 5.74) is -3.43. The lowest BCUT2D eigenvalue weighted by Gasteiger charge is -2.45. The number of hydrogen-bond acceptors (Lipinski definition) is 7. The number of nitro groups is 2. The van der Waals surface area contributed by atoms with Gasteiger partial charge in [0.25, 0.3) is 11.4 Å². The molecule has 10 nitrogen and oxygen atoms in total. The van der Waals surface area contributed by atoms with Gasteiger partial charge in [0.05, 0.1) is 19.6 Å². The number of methoxy groups -OCH3 is 1. The molecule has 0 aromatic rings. The van der Waals surface area contributed by atoms with Gasteiger partial charge in [0.15, 0.2) is 0 Å². The Balaban J connectivity index is 2.28. The van der Waals surface area contributed by atoms with Crippen molar-refractivity contribution in [3.05, 3.63) is 20.2 Å². The van der Waals surface area contributed by atoms with Crippen LogP contribution in [0.5, 0.6) is 0 Å². The van der Waals surface area contributed by atoms with Gasteiger partial charge in [0.1, 0.15) is 6.42 Å². The lowest BCUT2D eigenvalue weighted by Crippen LogP contribution is -2.76. The van der Waals surface area contributed by atoms with E-state index in [1.165, 1.54) is 7.11 Å². The van der Waals surface area contributed by atoms with Gasteiger partial charge in [0, 0.05) is 30.1 Å². The van der Waals surface area contributed by atoms with E-state index in [-0.39, 0.29) is 26.1 Å². The topological polar surface area (TPSA) is 128 Å². The number of ether oxygens (including phenoxy) is 1. The van der Waals surface area contributed by atoms with Crippen molar-refractivity contribution in [2.24, 2.45) is 0 Å². The summed E-state index contributed by atoms with van der Waals surface area (Å²) >= 11 is 0. The van der Waals surface area contributed by atoms with Crippen LogP contribution in [0.15, 0.2) is 0 Å². The third-order valence-electron chi connectivity index (χ3n) is 4.18. The summed E-state index contributed by atoms with van der Waals surface area (Å²) < 4.78 is 4.92. The Morgan fingerprint density at radius 1 is 1.33 bits per heavy atom. The maximum Gasteiger partial charge on any atom is 0.317 e. The predicted molar refractivity (Wildman–Crippen MR) is 70.0 cm³/mol. The van der Waals surface area contributed by atoms with Crippen molar-refractivity contribution in [2.75, 3.05) is 39.9 Å². The van der Waals surface area contributed by atoms with Gasteiger partial charge in [-0.3, -0.25) is 29.9 Å². The van der Waals surface area contributed by atoms with Crippen molar-refractivity contribution in [3.63, 3.8) is 0 Å². The van der Waals surface area contributed by atoms with E-state index in [1.54, 1.807) is 4.90 Å². The van der Waals surface area contributed by atoms with Crippen molar-refractivity contribution in [2.45, 2.75) is 23.9 Å². The van der Waals surface area contributed by atoms with E-state index < -0.39 is 26.8 Å². The van der Waals surface area contributed by atoms with Gasteiger partial charge in [-0.25, -0.2) is 0 Å². The first-order valence-corrected chi connectivity index (χ1v) is 6.65. The highest BCUT2D eigenvalue weighted by atomic mass is 16.6. The normalized spacial score (nSPS) is 32.5. The van der Waals surface area contributed by atoms with Crippen LogP contribution in [-0.2, 0) is 9.53 Å². The first-order chi connectivity index (χ1) is 9.86. The van der Waals surface area contributed by atoms with Crippen LogP contribution in [0.4, 0.5) is 0 Å². The number of fused-ring (bicyclic) bond motifs is 2. The molecule has 2 atom stereocenters. The second-order valence-corrected chi connectivity index (χ2v) is 5.69. The van der Waals surface area contributed by atoms with E-state index >= 15 is 0 Å². The SMILES string of the molecule is COCCCN1CC2([N+](=O)[O-])CNC(=O)C([N+](=O)[O-])(C1)C2. The van der Waals surface area contributed by atoms with Gasteiger partial charge in [-0.15, -0.1) is 0 Å². The average Bonchev–Trinajstić information content (AvgIpc) is 2.43. The van der Waals surface area contributed by atoms with Crippen molar-refractivity contribution < 1.29 is 19.4 Å². The van der Waals surface area contributed by atoms with Gasteiger partial charge in [-0.05, 0) is 6.42 Å². The predicted octanol–water partition coefficient (Wildman–Crippen LogP) is -1.11. The second-order valence-electron chi connectivity index (χ2n) is 5.69. The molecule has 0 radical (unpaired) electrons. The van der Waals surface area contributed by atoms with Gasteiger partial charge in [-0.2, -0.15) is 0 Å². The lowest BCUT2D eigenvalue weighted by molar-refractivity contribution is -0.618. The molecule has 118 valence electrons. The molecule has 10 heteroatoms. The third-order valence-corrected chi connectivity index (χ3v) is 4.18. The summed E-state index contributed by atoms with van der Waals surface area (Å²) in [7, 11) is 1.54. The number of hydrogen-bond donors (Lipinski definition) is 1. The summed E-state index contributed by atoms with van der Waals surface area (Å²) in [6, 6.07) is 0. The Hall–Kier alpha value is -1.81. The fraction of sp³-hybridized carbons (Fsp3) is 0.909. The van der Waals surface area contributed by atoms with Crippen LogP contribution in [0, 0.1) is 20.2 Å². The van der Waals surface area contributed by atoms with Gasteiger partial charge < -0.3 is 10.1 Å². The number of piperidine rings is 2. The van der Waals surface area contributed by atoms with E-state index in [2.05, 4.69) is 5.32 Å². The second kappa shape index (κ2) is 5.53. The summed E-state index contributed by atoms with van der Waals surface area (Å²) in [6.45, 7) is 0.700. The Morgan fingerprint density at radius 3 is 2.62 bits per heavy atom. The minimum Gasteiger partial charge on any atom is -0.385 e. The summed E-state index contributed by atoms with van der Waals surface area (Å²) in [6.07, 6.45) is 0.242. The maximum absolute atomic E-state index is 12.0. The molecule has 1 N–H and O–H groups in total. The maximum atomic E-state index is 12.0. The molecule has 0 aromatic heterocycles. The average molecular weight is 302 g/mol. The standard InChI is InChI=1S/C11H18N4O6/c1-21-4-2-3-13-7-10(14(17)18)5-11(8-13,15(19)20)9(16)12-6-10/h2-8H2,1H3,(H,12,16). The minimum atomic E-state index is -1.93. The molecule has 2 fully saturated rings. The molecule has 0 aliphatic carbocycles. The monoisotopic (exact) mass is 302 g/mol. The number of nitrogens with one attached hydrogen (secondary N) is 1. The zero-order chi connectivity index (χ0) is 15.7. The van der Waals surface area contributed by atoms with Gasteiger partial charge in [0.2, 0.25) is 0 Å². The van der Waals surface area contributed by atoms with Crippen molar-refractivity contribution in [3.8, 4) is 0 Å². The molecule has 0 spiro atoms. The molecule has 21 heavy (non-hydrogen) atoms. The largest absolute Gasteiger partial charge is 0.385 e. The number of carbonyl (C=O) groups is 1. The fourth-order valence-corrected chi connectivity index (χ4v) is 3.16. The molecule has 2 aliphatic heterocycles. The highest BCUT2D eigenvalue weighted by Crippen LogP contribution is 2.36. The van der Waals surface area contributed by atoms with E-state index in [0.29, 0.717) is 19.6 Å². The summed E-state index contributed by atoms with van der Waals surface area (Å²) in [5.74, 6) is -0.735. The fourth-order valence-electron chi connectivity index (χ4n) is 3.16. The van der Waals surface area contributed by atoms with Crippen molar-refractivity contribution >= 4 is 5.91 Å². The molecule has 2 bridgehead atoms. The Bertz CT molecular complexity index is 472. The van der Waals surface area contributed by atoms with Crippen LogP contribution < -0.4 is 5.32 Å². The highest BCUT2D eigenvalue weighted by molar-refractivity contribution is 5.86. The van der Waals surface area contributed by atoms with Crippen LogP contribution in [-0.4, -0.2) is 71.6 Å². The van der Waals surface area contributed by atoms with Crippen molar-refractivity contribution in [1.29, 1.82) is 0 Å². The first kappa shape index (κ1) is 15.6. The van der Waals surface area contributed by atoms with E-state index in [0.717, 1.165) is 0 Å². The van der Waals surface area contributed by atoms with Crippen LogP contribution in [0.25, 0.3) is 0 Å². The number of nitrogens with zero attached hydrogens (tertiary/aromatic N) is 3. The number of rotatable bonds is 6. The van der Waals surface area contributed by atoms with E-state index in [1.807, 2.05) is 0 Å². The molecular weight excluding hydrogens is 284 g/mol. The van der Waals surface area contributed by atoms with Crippen LogP contribution >= 0.6 is 0 Å². The molecule has 2 heterocycles. The molecule has 2 rings (SSSR count). The Kier molecular flexibility index (Phi) is 4.10.